The molecule has 3 aromatic rings. The molecule has 4 rings (SSSR count). The Bertz CT molecular complexity index is 1140. The van der Waals surface area contributed by atoms with E-state index in [-0.39, 0.29) is 17.4 Å². The molecule has 1 aliphatic heterocycles. The van der Waals surface area contributed by atoms with Gasteiger partial charge in [0.1, 0.15) is 17.7 Å². The summed E-state index contributed by atoms with van der Waals surface area (Å²) in [7, 11) is 0. The normalized spacial score (nSPS) is 15.1. The monoisotopic (exact) mass is 446 g/mol. The Labute approximate surface area is 182 Å². The van der Waals surface area contributed by atoms with E-state index in [2.05, 4.69) is 15.7 Å². The van der Waals surface area contributed by atoms with Crippen molar-refractivity contribution in [3.63, 3.8) is 0 Å². The van der Waals surface area contributed by atoms with E-state index in [0.717, 1.165) is 22.9 Å². The van der Waals surface area contributed by atoms with Crippen molar-refractivity contribution in [1.29, 1.82) is 0 Å². The number of nitrogens with zero attached hydrogens (tertiary/aromatic N) is 2. The first-order valence-electron chi connectivity index (χ1n) is 9.30. The molecule has 0 bridgehead atoms. The van der Waals surface area contributed by atoms with Gasteiger partial charge in [0.05, 0.1) is 17.1 Å². The predicted octanol–water partition coefficient (Wildman–Crippen LogP) is 5.08. The number of carbonyl (C=O) groups is 2. The summed E-state index contributed by atoms with van der Waals surface area (Å²) >= 11 is 11.7. The molecule has 9 heteroatoms. The van der Waals surface area contributed by atoms with Crippen molar-refractivity contribution in [2.75, 3.05) is 10.6 Å². The molecule has 2 aromatic carbocycles. The van der Waals surface area contributed by atoms with Crippen molar-refractivity contribution < 1.29 is 14.0 Å². The van der Waals surface area contributed by atoms with Gasteiger partial charge in [0.2, 0.25) is 5.91 Å². The van der Waals surface area contributed by atoms with Crippen LogP contribution >= 0.6 is 23.2 Å². The summed E-state index contributed by atoms with van der Waals surface area (Å²) in [4.78, 5) is 25.1. The van der Waals surface area contributed by atoms with Crippen LogP contribution in [-0.4, -0.2) is 21.6 Å². The molecule has 30 heavy (non-hydrogen) atoms. The number of halogens is 3. The number of anilines is 2. The molecule has 2 heterocycles. The highest BCUT2D eigenvalue weighted by Gasteiger charge is 2.36. The van der Waals surface area contributed by atoms with Crippen LogP contribution in [0.4, 0.5) is 15.9 Å². The first-order valence-corrected chi connectivity index (χ1v) is 10.1. The van der Waals surface area contributed by atoms with Gasteiger partial charge in [-0.2, -0.15) is 5.10 Å². The zero-order valence-electron chi connectivity index (χ0n) is 15.9. The second-order valence-electron chi connectivity index (χ2n) is 6.86. The van der Waals surface area contributed by atoms with Crippen LogP contribution in [0.15, 0.2) is 42.5 Å². The second-order valence-corrected chi connectivity index (χ2v) is 7.71. The van der Waals surface area contributed by atoms with Gasteiger partial charge in [-0.3, -0.25) is 9.59 Å². The number of hydrogen-bond acceptors (Lipinski definition) is 3. The summed E-state index contributed by atoms with van der Waals surface area (Å²) in [5.74, 6) is -0.746. The fourth-order valence-corrected chi connectivity index (χ4v) is 3.75. The van der Waals surface area contributed by atoms with Crippen LogP contribution in [0.2, 0.25) is 10.0 Å². The maximum atomic E-state index is 13.3. The predicted molar refractivity (Wildman–Crippen MR) is 114 cm³/mol. The van der Waals surface area contributed by atoms with Gasteiger partial charge in [0.15, 0.2) is 0 Å². The summed E-state index contributed by atoms with van der Waals surface area (Å²) in [6.45, 7) is 1.97. The number of fused-ring (bicyclic) bond motifs is 1. The summed E-state index contributed by atoms with van der Waals surface area (Å²) < 4.78 is 14.9. The van der Waals surface area contributed by atoms with Crippen LogP contribution in [0.5, 0.6) is 0 Å². The van der Waals surface area contributed by atoms with Gasteiger partial charge >= 0.3 is 0 Å². The fraction of sp³-hybridized carbons (Fsp3) is 0.190. The quantitative estimate of drug-likeness (QED) is 0.573. The number of hydrogen-bond donors (Lipinski definition) is 2. The van der Waals surface area contributed by atoms with E-state index in [1.165, 1.54) is 12.1 Å². The Morgan fingerprint density at radius 3 is 2.63 bits per heavy atom. The lowest BCUT2D eigenvalue weighted by Crippen LogP contribution is -2.24. The van der Waals surface area contributed by atoms with E-state index in [4.69, 9.17) is 23.2 Å². The summed E-state index contributed by atoms with van der Waals surface area (Å²) in [5.41, 5.74) is 2.85. The number of aromatic nitrogens is 2. The number of amides is 2. The molecule has 2 amide bonds. The van der Waals surface area contributed by atoms with Gasteiger partial charge in [0, 0.05) is 16.3 Å². The standard InChI is InChI=1S/C21H17Cl2FN4O2/c1-2-16-19(11-3-5-12(22)6-4-11)20-26-21(30)17(28(20)27-16)10-18(29)25-13-7-8-15(24)14(23)9-13/h3-9,17H,2,10H2,1H3,(H,25,29)(H,26,30). The number of nitrogens with one attached hydrogen (secondary N) is 2. The number of aryl methyl sites for hydroxylation is 1. The third-order valence-electron chi connectivity index (χ3n) is 4.87. The van der Waals surface area contributed by atoms with Crippen LogP contribution in [0.25, 0.3) is 11.1 Å². The van der Waals surface area contributed by atoms with Gasteiger partial charge in [-0.15, -0.1) is 0 Å². The smallest absolute Gasteiger partial charge is 0.251 e. The van der Waals surface area contributed by atoms with E-state index in [1.54, 1.807) is 16.8 Å². The van der Waals surface area contributed by atoms with Crippen LogP contribution in [0.3, 0.4) is 0 Å². The molecule has 154 valence electrons. The molecule has 1 atom stereocenters. The third kappa shape index (κ3) is 3.78. The lowest BCUT2D eigenvalue weighted by Gasteiger charge is -2.10. The minimum atomic E-state index is -0.790. The van der Waals surface area contributed by atoms with Crippen LogP contribution in [-0.2, 0) is 16.0 Å². The molecule has 6 nitrogen and oxygen atoms in total. The van der Waals surface area contributed by atoms with Crippen LogP contribution < -0.4 is 10.6 Å². The molecule has 0 saturated carbocycles. The van der Waals surface area contributed by atoms with Crippen molar-refractivity contribution in [2.24, 2.45) is 0 Å². The van der Waals surface area contributed by atoms with Crippen LogP contribution in [0.1, 0.15) is 25.1 Å². The maximum Gasteiger partial charge on any atom is 0.251 e. The Balaban J connectivity index is 1.60. The minimum absolute atomic E-state index is 0.0963. The molecule has 1 aromatic heterocycles. The zero-order chi connectivity index (χ0) is 21.4. The zero-order valence-corrected chi connectivity index (χ0v) is 17.4. The average Bonchev–Trinajstić information content (AvgIpc) is 3.21. The van der Waals surface area contributed by atoms with E-state index in [1.807, 2.05) is 19.1 Å². The minimum Gasteiger partial charge on any atom is -0.326 e. The Hall–Kier alpha value is -2.90. The fourth-order valence-electron chi connectivity index (χ4n) is 3.45. The molecule has 0 aliphatic carbocycles. The Morgan fingerprint density at radius 2 is 1.97 bits per heavy atom. The number of benzene rings is 2. The van der Waals surface area contributed by atoms with Crippen molar-refractivity contribution in [1.82, 2.24) is 9.78 Å². The number of rotatable bonds is 5. The van der Waals surface area contributed by atoms with E-state index in [9.17, 15) is 14.0 Å². The second kappa shape index (κ2) is 8.08. The first kappa shape index (κ1) is 20.4. The maximum absolute atomic E-state index is 13.3. The largest absolute Gasteiger partial charge is 0.326 e. The van der Waals surface area contributed by atoms with E-state index in [0.29, 0.717) is 22.9 Å². The average molecular weight is 447 g/mol. The van der Waals surface area contributed by atoms with Gasteiger partial charge in [-0.05, 0) is 42.3 Å². The van der Waals surface area contributed by atoms with Gasteiger partial charge in [-0.25, -0.2) is 9.07 Å². The van der Waals surface area contributed by atoms with Gasteiger partial charge in [0.25, 0.3) is 5.91 Å². The third-order valence-corrected chi connectivity index (χ3v) is 5.41. The lowest BCUT2D eigenvalue weighted by molar-refractivity contribution is -0.123. The number of carbonyl (C=O) groups excluding carboxylic acids is 2. The topological polar surface area (TPSA) is 76.0 Å². The van der Waals surface area contributed by atoms with Crippen molar-refractivity contribution in [3.05, 3.63) is 64.0 Å². The molecule has 1 unspecified atom stereocenters. The molecular formula is C21H17Cl2FN4O2. The molecule has 0 spiro atoms. The highest BCUT2D eigenvalue weighted by Crippen LogP contribution is 2.39. The molecular weight excluding hydrogens is 430 g/mol. The van der Waals surface area contributed by atoms with Gasteiger partial charge in [-0.1, -0.05) is 42.3 Å². The van der Waals surface area contributed by atoms with Crippen molar-refractivity contribution in [2.45, 2.75) is 25.8 Å². The molecule has 0 fully saturated rings. The summed E-state index contributed by atoms with van der Waals surface area (Å²) in [6, 6.07) is 10.4. The molecule has 0 radical (unpaired) electrons. The first-order chi connectivity index (χ1) is 14.4. The highest BCUT2D eigenvalue weighted by molar-refractivity contribution is 6.31. The van der Waals surface area contributed by atoms with Gasteiger partial charge < -0.3 is 10.6 Å². The Morgan fingerprint density at radius 1 is 1.23 bits per heavy atom. The molecule has 0 saturated heterocycles. The van der Waals surface area contributed by atoms with Crippen LogP contribution in [0, 0.1) is 5.82 Å². The van der Waals surface area contributed by atoms with E-state index >= 15 is 0 Å². The summed E-state index contributed by atoms with van der Waals surface area (Å²) in [6.07, 6.45) is 0.527. The molecule has 1 aliphatic rings. The van der Waals surface area contributed by atoms with Crippen molar-refractivity contribution in [3.8, 4) is 11.1 Å². The highest BCUT2D eigenvalue weighted by atomic mass is 35.5. The SMILES string of the molecule is CCc1nn2c(c1-c1ccc(Cl)cc1)NC(=O)C2CC(=O)Nc1ccc(F)c(Cl)c1. The Kier molecular flexibility index (Phi) is 5.49. The lowest BCUT2D eigenvalue weighted by atomic mass is 10.0. The van der Waals surface area contributed by atoms with E-state index < -0.39 is 17.8 Å². The van der Waals surface area contributed by atoms with Crippen molar-refractivity contribution >= 4 is 46.5 Å². The molecule has 2 N–H and O–H groups in total. The summed E-state index contributed by atoms with van der Waals surface area (Å²) in [5, 5.41) is 10.6.